The normalized spacial score (nSPS) is 10.1. The Balaban J connectivity index is 2.23. The quantitative estimate of drug-likeness (QED) is 0.931. The third-order valence-electron chi connectivity index (χ3n) is 2.51. The molecule has 0 unspecified atom stereocenters. The smallest absolute Gasteiger partial charge is 0.255 e. The van der Waals surface area contributed by atoms with E-state index in [1.165, 1.54) is 18.2 Å². The molecule has 3 nitrogen and oxygen atoms in total. The van der Waals surface area contributed by atoms with Crippen LogP contribution >= 0.6 is 15.9 Å². The molecular formula is C14H11BrFNO2. The van der Waals surface area contributed by atoms with Crippen molar-refractivity contribution >= 4 is 27.5 Å². The Hall–Kier alpha value is -1.88. The maximum absolute atomic E-state index is 13.1. The van der Waals surface area contributed by atoms with Crippen molar-refractivity contribution in [3.8, 4) is 5.75 Å². The van der Waals surface area contributed by atoms with E-state index in [2.05, 4.69) is 21.2 Å². The Morgan fingerprint density at radius 1 is 1.26 bits per heavy atom. The summed E-state index contributed by atoms with van der Waals surface area (Å²) in [4.78, 5) is 12.0. The fourth-order valence-electron chi connectivity index (χ4n) is 1.55. The van der Waals surface area contributed by atoms with E-state index in [9.17, 15) is 9.18 Å². The number of benzene rings is 2. The molecule has 0 saturated heterocycles. The second-order valence-corrected chi connectivity index (χ2v) is 4.66. The number of ether oxygens (including phenoxy) is 1. The molecule has 0 saturated carbocycles. The maximum atomic E-state index is 13.1. The third-order valence-corrected chi connectivity index (χ3v) is 3.20. The molecule has 98 valence electrons. The third kappa shape index (κ3) is 3.32. The van der Waals surface area contributed by atoms with Gasteiger partial charge in [-0.3, -0.25) is 4.79 Å². The Morgan fingerprint density at radius 2 is 2.05 bits per heavy atom. The molecule has 0 aromatic heterocycles. The number of anilines is 1. The average Bonchev–Trinajstić information content (AvgIpc) is 2.41. The summed E-state index contributed by atoms with van der Waals surface area (Å²) in [5, 5.41) is 2.70. The summed E-state index contributed by atoms with van der Waals surface area (Å²) in [5.74, 6) is -0.205. The van der Waals surface area contributed by atoms with Crippen molar-refractivity contribution in [3.63, 3.8) is 0 Å². The molecule has 1 amide bonds. The highest BCUT2D eigenvalue weighted by molar-refractivity contribution is 9.10. The van der Waals surface area contributed by atoms with Crippen LogP contribution in [0.15, 0.2) is 46.9 Å². The first-order chi connectivity index (χ1) is 9.10. The zero-order valence-electron chi connectivity index (χ0n) is 10.1. The molecule has 0 heterocycles. The second kappa shape index (κ2) is 5.84. The SMILES string of the molecule is COc1ccc(Br)c(NC(=O)c2cccc(F)c2)c1. The van der Waals surface area contributed by atoms with Gasteiger partial charge >= 0.3 is 0 Å². The van der Waals surface area contributed by atoms with Crippen LogP contribution in [0.3, 0.4) is 0 Å². The van der Waals surface area contributed by atoms with E-state index in [1.54, 1.807) is 31.4 Å². The summed E-state index contributed by atoms with van der Waals surface area (Å²) in [6.45, 7) is 0. The minimum absolute atomic E-state index is 0.259. The van der Waals surface area contributed by atoms with Crippen molar-refractivity contribution in [2.45, 2.75) is 0 Å². The van der Waals surface area contributed by atoms with Gasteiger partial charge in [0.2, 0.25) is 0 Å². The number of rotatable bonds is 3. The molecule has 0 aliphatic carbocycles. The highest BCUT2D eigenvalue weighted by Crippen LogP contribution is 2.27. The molecule has 0 aliphatic rings. The summed E-state index contributed by atoms with van der Waals surface area (Å²) < 4.78 is 18.9. The number of hydrogen-bond acceptors (Lipinski definition) is 2. The van der Waals surface area contributed by atoms with Gasteiger partial charge < -0.3 is 10.1 Å². The van der Waals surface area contributed by atoms with Gasteiger partial charge in [0.05, 0.1) is 12.8 Å². The lowest BCUT2D eigenvalue weighted by molar-refractivity contribution is 0.102. The van der Waals surface area contributed by atoms with Crippen molar-refractivity contribution < 1.29 is 13.9 Å². The Morgan fingerprint density at radius 3 is 2.74 bits per heavy atom. The van der Waals surface area contributed by atoms with Gasteiger partial charge in [0.1, 0.15) is 11.6 Å². The van der Waals surface area contributed by atoms with Gasteiger partial charge in [-0.25, -0.2) is 4.39 Å². The molecular weight excluding hydrogens is 313 g/mol. The van der Waals surface area contributed by atoms with Crippen molar-refractivity contribution in [1.29, 1.82) is 0 Å². The van der Waals surface area contributed by atoms with Crippen LogP contribution in [0.2, 0.25) is 0 Å². The van der Waals surface area contributed by atoms with Gasteiger partial charge in [-0.05, 0) is 46.3 Å². The molecule has 1 N–H and O–H groups in total. The summed E-state index contributed by atoms with van der Waals surface area (Å²) in [6, 6.07) is 10.7. The molecule has 2 aromatic rings. The first kappa shape index (κ1) is 13.5. The molecule has 0 atom stereocenters. The van der Waals surface area contributed by atoms with Crippen LogP contribution in [0, 0.1) is 5.82 Å². The molecule has 19 heavy (non-hydrogen) atoms. The van der Waals surface area contributed by atoms with E-state index in [0.717, 1.165) is 4.47 Å². The van der Waals surface area contributed by atoms with E-state index >= 15 is 0 Å². The molecule has 0 fully saturated rings. The first-order valence-electron chi connectivity index (χ1n) is 5.50. The van der Waals surface area contributed by atoms with Crippen LogP contribution in [0.25, 0.3) is 0 Å². The van der Waals surface area contributed by atoms with Gasteiger partial charge in [-0.1, -0.05) is 6.07 Å². The first-order valence-corrected chi connectivity index (χ1v) is 6.30. The summed E-state index contributed by atoms with van der Waals surface area (Å²) in [7, 11) is 1.54. The van der Waals surface area contributed by atoms with Crippen LogP contribution in [0.4, 0.5) is 10.1 Å². The zero-order valence-corrected chi connectivity index (χ0v) is 11.7. The monoisotopic (exact) mass is 323 g/mol. The predicted molar refractivity (Wildman–Crippen MR) is 75.0 cm³/mol. The van der Waals surface area contributed by atoms with Gasteiger partial charge in [0.15, 0.2) is 0 Å². The topological polar surface area (TPSA) is 38.3 Å². The number of halogens is 2. The minimum Gasteiger partial charge on any atom is -0.497 e. The number of amides is 1. The Bertz CT molecular complexity index is 616. The highest BCUT2D eigenvalue weighted by atomic mass is 79.9. The van der Waals surface area contributed by atoms with Crippen LogP contribution in [0.5, 0.6) is 5.75 Å². The van der Waals surface area contributed by atoms with E-state index in [4.69, 9.17) is 4.74 Å². The minimum atomic E-state index is -0.447. The van der Waals surface area contributed by atoms with Gasteiger partial charge in [0, 0.05) is 16.1 Å². The molecule has 0 spiro atoms. The van der Waals surface area contributed by atoms with Crippen molar-refractivity contribution in [2.24, 2.45) is 0 Å². The van der Waals surface area contributed by atoms with Gasteiger partial charge in [0.25, 0.3) is 5.91 Å². The number of methoxy groups -OCH3 is 1. The zero-order chi connectivity index (χ0) is 13.8. The van der Waals surface area contributed by atoms with E-state index < -0.39 is 5.82 Å². The summed E-state index contributed by atoms with van der Waals surface area (Å²) in [6.07, 6.45) is 0. The largest absolute Gasteiger partial charge is 0.497 e. The van der Waals surface area contributed by atoms with Crippen LogP contribution in [0.1, 0.15) is 10.4 Å². The summed E-state index contributed by atoms with van der Waals surface area (Å²) >= 11 is 3.33. The van der Waals surface area contributed by atoms with Crippen LogP contribution < -0.4 is 10.1 Å². The molecule has 0 bridgehead atoms. The molecule has 5 heteroatoms. The molecule has 0 aliphatic heterocycles. The highest BCUT2D eigenvalue weighted by Gasteiger charge is 2.09. The van der Waals surface area contributed by atoms with Crippen molar-refractivity contribution in [2.75, 3.05) is 12.4 Å². The van der Waals surface area contributed by atoms with E-state index in [0.29, 0.717) is 11.4 Å². The lowest BCUT2D eigenvalue weighted by Gasteiger charge is -2.09. The standard InChI is InChI=1S/C14H11BrFNO2/c1-19-11-5-6-12(15)13(8-11)17-14(18)9-3-2-4-10(16)7-9/h2-8H,1H3,(H,17,18). The second-order valence-electron chi connectivity index (χ2n) is 3.81. The van der Waals surface area contributed by atoms with Crippen LogP contribution in [-0.4, -0.2) is 13.0 Å². The lowest BCUT2D eigenvalue weighted by atomic mass is 10.2. The number of carbonyl (C=O) groups is 1. The summed E-state index contributed by atoms with van der Waals surface area (Å²) in [5.41, 5.74) is 0.823. The molecule has 0 radical (unpaired) electrons. The number of nitrogens with one attached hydrogen (secondary N) is 1. The number of carbonyl (C=O) groups excluding carboxylic acids is 1. The fourth-order valence-corrected chi connectivity index (χ4v) is 1.90. The van der Waals surface area contributed by atoms with Crippen LogP contribution in [-0.2, 0) is 0 Å². The van der Waals surface area contributed by atoms with Crippen molar-refractivity contribution in [1.82, 2.24) is 0 Å². The maximum Gasteiger partial charge on any atom is 0.255 e. The van der Waals surface area contributed by atoms with Crippen molar-refractivity contribution in [3.05, 3.63) is 58.3 Å². The predicted octanol–water partition coefficient (Wildman–Crippen LogP) is 3.85. The Kier molecular flexibility index (Phi) is 4.16. The fraction of sp³-hybridized carbons (Fsp3) is 0.0714. The average molecular weight is 324 g/mol. The molecule has 2 aromatic carbocycles. The van der Waals surface area contributed by atoms with Gasteiger partial charge in [-0.2, -0.15) is 0 Å². The molecule has 2 rings (SSSR count). The lowest BCUT2D eigenvalue weighted by Crippen LogP contribution is -2.12. The van der Waals surface area contributed by atoms with E-state index in [-0.39, 0.29) is 11.5 Å². The van der Waals surface area contributed by atoms with E-state index in [1.807, 2.05) is 0 Å². The number of hydrogen-bond donors (Lipinski definition) is 1. The van der Waals surface area contributed by atoms with Gasteiger partial charge in [-0.15, -0.1) is 0 Å². The Labute approximate surface area is 118 Å².